The lowest BCUT2D eigenvalue weighted by Crippen LogP contribution is -2.33. The zero-order valence-electron chi connectivity index (χ0n) is 11.8. The first-order valence-electron chi connectivity index (χ1n) is 6.26. The van der Waals surface area contributed by atoms with Gasteiger partial charge in [0.1, 0.15) is 5.75 Å². The van der Waals surface area contributed by atoms with Crippen LogP contribution in [0.25, 0.3) is 0 Å². The van der Waals surface area contributed by atoms with Gasteiger partial charge in [-0.15, -0.1) is 0 Å². The van der Waals surface area contributed by atoms with Crippen LogP contribution in [0.2, 0.25) is 0 Å². The summed E-state index contributed by atoms with van der Waals surface area (Å²) in [5.41, 5.74) is 6.40. The Balaban J connectivity index is 2.43. The van der Waals surface area contributed by atoms with E-state index < -0.39 is 0 Å². The summed E-state index contributed by atoms with van der Waals surface area (Å²) in [6.07, 6.45) is 0.515. The number of nitrogens with zero attached hydrogens (tertiary/aromatic N) is 1. The summed E-state index contributed by atoms with van der Waals surface area (Å²) < 4.78 is 10.5. The summed E-state index contributed by atoms with van der Waals surface area (Å²) in [5.74, 6) is 0.536. The van der Waals surface area contributed by atoms with Crippen molar-refractivity contribution in [3.63, 3.8) is 0 Å². The Bertz CT molecular complexity index is 465. The molecule has 5 nitrogen and oxygen atoms in total. The molecule has 2 N–H and O–H groups in total. The van der Waals surface area contributed by atoms with Crippen molar-refractivity contribution in [1.29, 1.82) is 0 Å². The topological polar surface area (TPSA) is 64.8 Å². The number of thiocarbonyl (C=S) groups is 1. The van der Waals surface area contributed by atoms with Crippen molar-refractivity contribution in [2.45, 2.75) is 13.0 Å². The Kier molecular flexibility index (Phi) is 6.97. The summed E-state index contributed by atoms with van der Waals surface area (Å²) in [6, 6.07) is 7.46. The number of methoxy groups -OCH3 is 1. The molecule has 1 aromatic rings. The van der Waals surface area contributed by atoms with Gasteiger partial charge >= 0.3 is 0 Å². The molecular formula is C14H20N2O3S. The molecule has 0 aliphatic carbocycles. The van der Waals surface area contributed by atoms with Crippen LogP contribution in [-0.2, 0) is 16.1 Å². The third kappa shape index (κ3) is 5.99. The molecule has 0 aliphatic heterocycles. The third-order valence-corrected chi connectivity index (χ3v) is 2.90. The van der Waals surface area contributed by atoms with Crippen LogP contribution in [0, 0.1) is 0 Å². The third-order valence-electron chi connectivity index (χ3n) is 2.69. The molecule has 1 aromatic carbocycles. The lowest BCUT2D eigenvalue weighted by molar-refractivity contribution is -0.131. The fourth-order valence-electron chi connectivity index (χ4n) is 1.55. The molecule has 0 bridgehead atoms. The van der Waals surface area contributed by atoms with Crippen molar-refractivity contribution >= 4 is 23.1 Å². The number of likely N-dealkylation sites (N-methyl/N-ethyl adjacent to an activating group) is 1. The molecule has 0 saturated heterocycles. The molecule has 1 amide bonds. The number of benzene rings is 1. The van der Waals surface area contributed by atoms with E-state index in [1.807, 2.05) is 18.2 Å². The minimum Gasteiger partial charge on any atom is -0.484 e. The molecule has 6 heteroatoms. The minimum absolute atomic E-state index is 0.00965. The average molecular weight is 296 g/mol. The van der Waals surface area contributed by atoms with E-state index in [2.05, 4.69) is 0 Å². The van der Waals surface area contributed by atoms with Gasteiger partial charge in [-0.25, -0.2) is 0 Å². The molecule has 0 spiro atoms. The zero-order chi connectivity index (χ0) is 15.0. The minimum atomic E-state index is -0.113. The van der Waals surface area contributed by atoms with Crippen LogP contribution in [0.1, 0.15) is 12.0 Å². The van der Waals surface area contributed by atoms with E-state index >= 15 is 0 Å². The van der Waals surface area contributed by atoms with Crippen molar-refractivity contribution < 1.29 is 14.3 Å². The lowest BCUT2D eigenvalue weighted by Gasteiger charge is -2.17. The van der Waals surface area contributed by atoms with Gasteiger partial charge in [0.25, 0.3) is 5.91 Å². The predicted octanol–water partition coefficient (Wildman–Crippen LogP) is 1.35. The Morgan fingerprint density at radius 3 is 2.85 bits per heavy atom. The van der Waals surface area contributed by atoms with E-state index in [1.54, 1.807) is 25.1 Å². The number of hydrogen-bond donors (Lipinski definition) is 1. The highest BCUT2D eigenvalue weighted by Crippen LogP contribution is 2.14. The standard InChI is InChI=1S/C14H20N2O3S/c1-16(7-6-13(15)20)14(17)10-19-12-5-3-4-11(8-12)9-18-2/h3-5,8H,6-7,9-10H2,1-2H3,(H2,15,20). The van der Waals surface area contributed by atoms with Crippen LogP contribution in [0.4, 0.5) is 0 Å². The summed E-state index contributed by atoms with van der Waals surface area (Å²) in [6.45, 7) is 1.00. The van der Waals surface area contributed by atoms with Gasteiger partial charge in [0.05, 0.1) is 11.6 Å². The van der Waals surface area contributed by atoms with Gasteiger partial charge in [0, 0.05) is 27.1 Å². The second kappa shape index (κ2) is 8.50. The smallest absolute Gasteiger partial charge is 0.260 e. The molecule has 1 rings (SSSR count). The molecule has 0 heterocycles. The highest BCUT2D eigenvalue weighted by atomic mass is 32.1. The van der Waals surface area contributed by atoms with Gasteiger partial charge in [-0.1, -0.05) is 24.4 Å². The van der Waals surface area contributed by atoms with Crippen LogP contribution in [0.15, 0.2) is 24.3 Å². The van der Waals surface area contributed by atoms with Crippen LogP contribution >= 0.6 is 12.2 Å². The quantitative estimate of drug-likeness (QED) is 0.734. The molecule has 0 radical (unpaired) electrons. The van der Waals surface area contributed by atoms with Crippen LogP contribution < -0.4 is 10.5 Å². The summed E-state index contributed by atoms with van der Waals surface area (Å²) in [7, 11) is 3.33. The molecule has 110 valence electrons. The zero-order valence-corrected chi connectivity index (χ0v) is 12.6. The highest BCUT2D eigenvalue weighted by molar-refractivity contribution is 7.80. The fraction of sp³-hybridized carbons (Fsp3) is 0.429. The SMILES string of the molecule is COCc1cccc(OCC(=O)N(C)CCC(N)=S)c1. The van der Waals surface area contributed by atoms with E-state index in [9.17, 15) is 4.79 Å². The Labute approximate surface area is 124 Å². The molecule has 20 heavy (non-hydrogen) atoms. The van der Waals surface area contributed by atoms with Gasteiger partial charge < -0.3 is 20.1 Å². The van der Waals surface area contributed by atoms with Gasteiger partial charge in [-0.3, -0.25) is 4.79 Å². The van der Waals surface area contributed by atoms with E-state index in [1.165, 1.54) is 0 Å². The van der Waals surface area contributed by atoms with Gasteiger partial charge in [-0.2, -0.15) is 0 Å². The predicted molar refractivity (Wildman–Crippen MR) is 81.7 cm³/mol. The maximum atomic E-state index is 11.8. The van der Waals surface area contributed by atoms with Gasteiger partial charge in [-0.05, 0) is 17.7 Å². The molecule has 0 aliphatic rings. The summed E-state index contributed by atoms with van der Waals surface area (Å²) in [5, 5.41) is 0. The second-order valence-electron chi connectivity index (χ2n) is 4.40. The Morgan fingerprint density at radius 2 is 2.20 bits per heavy atom. The number of carbonyl (C=O) groups is 1. The van der Waals surface area contributed by atoms with E-state index in [-0.39, 0.29) is 12.5 Å². The molecule has 0 fully saturated rings. The summed E-state index contributed by atoms with van der Waals surface area (Å²) in [4.78, 5) is 13.8. The second-order valence-corrected chi connectivity index (χ2v) is 4.93. The molecule has 0 saturated carbocycles. The number of amides is 1. The number of nitrogens with two attached hydrogens (primary N) is 1. The molecule has 0 atom stereocenters. The van der Waals surface area contributed by atoms with E-state index in [4.69, 9.17) is 27.4 Å². The van der Waals surface area contributed by atoms with Crippen molar-refractivity contribution in [1.82, 2.24) is 4.90 Å². The average Bonchev–Trinajstić information content (AvgIpc) is 2.43. The monoisotopic (exact) mass is 296 g/mol. The van der Waals surface area contributed by atoms with Crippen molar-refractivity contribution in [3.05, 3.63) is 29.8 Å². The number of carbonyl (C=O) groups excluding carboxylic acids is 1. The normalized spacial score (nSPS) is 10.1. The van der Waals surface area contributed by atoms with Crippen molar-refractivity contribution in [2.75, 3.05) is 27.3 Å². The Morgan fingerprint density at radius 1 is 1.45 bits per heavy atom. The van der Waals surface area contributed by atoms with E-state index in [0.29, 0.717) is 30.3 Å². The lowest BCUT2D eigenvalue weighted by atomic mass is 10.2. The first-order valence-corrected chi connectivity index (χ1v) is 6.66. The van der Waals surface area contributed by atoms with Crippen LogP contribution in [-0.4, -0.2) is 43.1 Å². The number of rotatable bonds is 8. The maximum Gasteiger partial charge on any atom is 0.260 e. The maximum absolute atomic E-state index is 11.8. The summed E-state index contributed by atoms with van der Waals surface area (Å²) >= 11 is 4.78. The number of hydrogen-bond acceptors (Lipinski definition) is 4. The van der Waals surface area contributed by atoms with Crippen LogP contribution in [0.5, 0.6) is 5.75 Å². The Hall–Kier alpha value is -1.66. The first kappa shape index (κ1) is 16.4. The van der Waals surface area contributed by atoms with E-state index in [0.717, 1.165) is 5.56 Å². The number of ether oxygens (including phenoxy) is 2. The van der Waals surface area contributed by atoms with Gasteiger partial charge in [0.15, 0.2) is 6.61 Å². The molecule has 0 aromatic heterocycles. The van der Waals surface area contributed by atoms with Gasteiger partial charge in [0.2, 0.25) is 0 Å². The fourth-order valence-corrected chi connectivity index (χ4v) is 1.64. The molecule has 0 unspecified atom stereocenters. The van der Waals surface area contributed by atoms with Crippen LogP contribution in [0.3, 0.4) is 0 Å². The highest BCUT2D eigenvalue weighted by Gasteiger charge is 2.09. The largest absolute Gasteiger partial charge is 0.484 e. The van der Waals surface area contributed by atoms with Crippen molar-refractivity contribution in [3.8, 4) is 5.75 Å². The first-order chi connectivity index (χ1) is 9.52. The van der Waals surface area contributed by atoms with Crippen molar-refractivity contribution in [2.24, 2.45) is 5.73 Å². The molecular weight excluding hydrogens is 276 g/mol.